The molecule has 1 amide bonds. The molecule has 28 heavy (non-hydrogen) atoms. The number of benzene rings is 2. The average Bonchev–Trinajstić information content (AvgIpc) is 3.17. The molecule has 1 aliphatic heterocycles. The second-order valence-corrected chi connectivity index (χ2v) is 7.19. The summed E-state index contributed by atoms with van der Waals surface area (Å²) in [5.41, 5.74) is 4.05. The van der Waals surface area contributed by atoms with Crippen LogP contribution in [0, 0.1) is 6.92 Å². The Morgan fingerprint density at radius 3 is 2.18 bits per heavy atom. The zero-order valence-electron chi connectivity index (χ0n) is 15.2. The number of anilines is 1. The number of aromatic nitrogens is 2. The smallest absolute Gasteiger partial charge is 0.267 e. The van der Waals surface area contributed by atoms with Crippen molar-refractivity contribution >= 4 is 46.6 Å². The lowest BCUT2D eigenvalue weighted by atomic mass is 10.1. The molecule has 3 aromatic rings. The molecule has 4 rings (SSSR count). The fourth-order valence-corrected chi connectivity index (χ4v) is 3.44. The van der Waals surface area contributed by atoms with Gasteiger partial charge < -0.3 is 0 Å². The summed E-state index contributed by atoms with van der Waals surface area (Å²) < 4.78 is 1.71. The molecular formula is C21H16Cl2N4O. The van der Waals surface area contributed by atoms with E-state index in [2.05, 4.69) is 10.2 Å². The van der Waals surface area contributed by atoms with Gasteiger partial charge in [-0.05, 0) is 44.2 Å². The average molecular weight is 411 g/mol. The van der Waals surface area contributed by atoms with Crippen molar-refractivity contribution in [2.45, 2.75) is 13.8 Å². The predicted molar refractivity (Wildman–Crippen MR) is 113 cm³/mol. The van der Waals surface area contributed by atoms with Gasteiger partial charge in [-0.15, -0.1) is 0 Å². The highest BCUT2D eigenvalue weighted by Crippen LogP contribution is 2.31. The van der Waals surface area contributed by atoms with Crippen molar-refractivity contribution in [2.24, 2.45) is 5.10 Å². The van der Waals surface area contributed by atoms with E-state index >= 15 is 0 Å². The van der Waals surface area contributed by atoms with Gasteiger partial charge in [0, 0.05) is 11.8 Å². The molecule has 0 N–H and O–H groups in total. The monoisotopic (exact) mass is 410 g/mol. The summed E-state index contributed by atoms with van der Waals surface area (Å²) >= 11 is 12.5. The minimum absolute atomic E-state index is 0.226. The van der Waals surface area contributed by atoms with E-state index in [1.54, 1.807) is 29.8 Å². The molecule has 1 aliphatic rings. The maximum atomic E-state index is 13.0. The number of hydrogen-bond donors (Lipinski definition) is 0. The summed E-state index contributed by atoms with van der Waals surface area (Å²) in [5.74, 6) is -0.226. The number of carbonyl (C=O) groups excluding carboxylic acids is 1. The van der Waals surface area contributed by atoms with Crippen LogP contribution < -0.4 is 5.01 Å². The number of rotatable bonds is 3. The molecule has 0 atom stereocenters. The number of halogens is 2. The number of hydrogen-bond acceptors (Lipinski definition) is 3. The van der Waals surface area contributed by atoms with Crippen molar-refractivity contribution in [3.8, 4) is 5.69 Å². The normalized spacial score (nSPS) is 15.4. The number of carbonyl (C=O) groups is 1. The zero-order valence-corrected chi connectivity index (χ0v) is 16.7. The predicted octanol–water partition coefficient (Wildman–Crippen LogP) is 5.29. The molecule has 0 spiro atoms. The van der Waals surface area contributed by atoms with E-state index in [4.69, 9.17) is 23.2 Å². The number of para-hydroxylation sites is 2. The lowest BCUT2D eigenvalue weighted by molar-refractivity contribution is -0.114. The van der Waals surface area contributed by atoms with Gasteiger partial charge in [0.05, 0.1) is 38.4 Å². The molecule has 0 saturated carbocycles. The summed E-state index contributed by atoms with van der Waals surface area (Å²) in [5, 5.41) is 11.3. The van der Waals surface area contributed by atoms with E-state index in [0.29, 0.717) is 27.0 Å². The molecule has 2 aromatic carbocycles. The van der Waals surface area contributed by atoms with Crippen LogP contribution in [0.5, 0.6) is 0 Å². The third-order valence-electron chi connectivity index (χ3n) is 4.48. The van der Waals surface area contributed by atoms with Gasteiger partial charge in [0.2, 0.25) is 0 Å². The fraction of sp³-hybridized carbons (Fsp3) is 0.0952. The van der Waals surface area contributed by atoms with E-state index in [0.717, 1.165) is 16.9 Å². The molecule has 7 heteroatoms. The molecule has 140 valence electrons. The Kier molecular flexibility index (Phi) is 4.79. The third kappa shape index (κ3) is 3.23. The number of aryl methyl sites for hydroxylation is 1. The van der Waals surface area contributed by atoms with Gasteiger partial charge in [-0.3, -0.25) is 4.79 Å². The molecule has 2 heterocycles. The van der Waals surface area contributed by atoms with Crippen molar-refractivity contribution < 1.29 is 4.79 Å². The molecule has 0 fully saturated rings. The van der Waals surface area contributed by atoms with Crippen LogP contribution in [-0.2, 0) is 4.79 Å². The van der Waals surface area contributed by atoms with Crippen LogP contribution in [0.3, 0.4) is 0 Å². The standard InChI is InChI=1S/C21H16Cl2N4O/c1-13-15(12-26(24-13)19-9-5-3-7-17(19)22)11-16-14(2)25-27(21(16)28)20-10-6-4-8-18(20)23/h3-12H,1-2H3/b16-11+. The van der Waals surface area contributed by atoms with Gasteiger partial charge in [-0.2, -0.15) is 15.2 Å². The van der Waals surface area contributed by atoms with Crippen molar-refractivity contribution in [3.63, 3.8) is 0 Å². The molecule has 0 bridgehead atoms. The lowest BCUT2D eigenvalue weighted by Gasteiger charge is -2.12. The van der Waals surface area contributed by atoms with Crippen molar-refractivity contribution in [1.82, 2.24) is 9.78 Å². The van der Waals surface area contributed by atoms with Gasteiger partial charge in [0.1, 0.15) is 0 Å². The van der Waals surface area contributed by atoms with Crippen molar-refractivity contribution in [3.05, 3.63) is 81.6 Å². The fourth-order valence-electron chi connectivity index (χ4n) is 3.00. The Hall–Kier alpha value is -2.89. The zero-order chi connectivity index (χ0) is 19.8. The first-order valence-electron chi connectivity index (χ1n) is 8.63. The summed E-state index contributed by atoms with van der Waals surface area (Å²) in [6.45, 7) is 3.69. The second-order valence-electron chi connectivity index (χ2n) is 6.38. The number of nitrogens with zero attached hydrogens (tertiary/aromatic N) is 4. The number of hydrazone groups is 1. The quantitative estimate of drug-likeness (QED) is 0.550. The van der Waals surface area contributed by atoms with E-state index in [9.17, 15) is 4.79 Å². The van der Waals surface area contributed by atoms with Crippen LogP contribution in [0.4, 0.5) is 5.69 Å². The van der Waals surface area contributed by atoms with Crippen LogP contribution in [-0.4, -0.2) is 21.4 Å². The van der Waals surface area contributed by atoms with Crippen molar-refractivity contribution in [2.75, 3.05) is 5.01 Å². The molecule has 0 saturated heterocycles. The Balaban J connectivity index is 1.71. The van der Waals surface area contributed by atoms with Crippen LogP contribution in [0.15, 0.2) is 65.4 Å². The topological polar surface area (TPSA) is 50.5 Å². The summed E-state index contributed by atoms with van der Waals surface area (Å²) in [7, 11) is 0. The minimum atomic E-state index is -0.226. The van der Waals surface area contributed by atoms with Crippen molar-refractivity contribution in [1.29, 1.82) is 0 Å². The van der Waals surface area contributed by atoms with Gasteiger partial charge in [-0.25, -0.2) is 4.68 Å². The summed E-state index contributed by atoms with van der Waals surface area (Å²) in [6.07, 6.45) is 3.65. The molecule has 1 aromatic heterocycles. The van der Waals surface area contributed by atoms with Crippen LogP contribution in [0.1, 0.15) is 18.2 Å². The molecule has 0 unspecified atom stereocenters. The highest BCUT2D eigenvalue weighted by Gasteiger charge is 2.30. The Labute approximate surface area is 172 Å². The van der Waals surface area contributed by atoms with E-state index in [1.807, 2.05) is 49.5 Å². The lowest BCUT2D eigenvalue weighted by Crippen LogP contribution is -2.21. The van der Waals surface area contributed by atoms with Gasteiger partial charge in [-0.1, -0.05) is 47.5 Å². The second kappa shape index (κ2) is 7.26. The molecule has 0 aliphatic carbocycles. The summed E-state index contributed by atoms with van der Waals surface area (Å²) in [6, 6.07) is 14.6. The Morgan fingerprint density at radius 2 is 1.54 bits per heavy atom. The van der Waals surface area contributed by atoms with Crippen LogP contribution >= 0.6 is 23.2 Å². The molecular weight excluding hydrogens is 395 g/mol. The van der Waals surface area contributed by atoms with E-state index < -0.39 is 0 Å². The first-order valence-corrected chi connectivity index (χ1v) is 9.38. The molecule has 0 radical (unpaired) electrons. The first-order chi connectivity index (χ1) is 13.5. The van der Waals surface area contributed by atoms with Crippen LogP contribution in [0.2, 0.25) is 10.0 Å². The molecule has 5 nitrogen and oxygen atoms in total. The van der Waals surface area contributed by atoms with E-state index in [-0.39, 0.29) is 5.91 Å². The summed E-state index contributed by atoms with van der Waals surface area (Å²) in [4.78, 5) is 13.0. The Bertz CT molecular complexity index is 1150. The van der Waals surface area contributed by atoms with Gasteiger partial charge in [0.25, 0.3) is 5.91 Å². The SMILES string of the molecule is CC1=NN(c2ccccc2Cl)C(=O)/C1=C/c1cn(-c2ccccc2Cl)nc1C. The highest BCUT2D eigenvalue weighted by molar-refractivity contribution is 6.37. The van der Waals surface area contributed by atoms with Crippen LogP contribution in [0.25, 0.3) is 11.8 Å². The number of amides is 1. The van der Waals surface area contributed by atoms with E-state index in [1.165, 1.54) is 5.01 Å². The maximum Gasteiger partial charge on any atom is 0.280 e. The van der Waals surface area contributed by atoms with Gasteiger partial charge in [0.15, 0.2) is 0 Å². The largest absolute Gasteiger partial charge is 0.280 e. The Morgan fingerprint density at radius 1 is 0.929 bits per heavy atom. The minimum Gasteiger partial charge on any atom is -0.267 e. The highest BCUT2D eigenvalue weighted by atomic mass is 35.5. The maximum absolute atomic E-state index is 13.0. The first kappa shape index (κ1) is 18.5. The van der Waals surface area contributed by atoms with Gasteiger partial charge >= 0.3 is 0 Å². The third-order valence-corrected chi connectivity index (χ3v) is 5.12.